The number of guanidine groups is 1. The van der Waals surface area contributed by atoms with Crippen molar-refractivity contribution >= 4 is 35.6 Å². The molecule has 2 rings (SSSR count). The molecular weight excluding hydrogens is 430 g/mol. The van der Waals surface area contributed by atoms with E-state index in [2.05, 4.69) is 33.1 Å². The molecule has 0 atom stereocenters. The molecule has 0 saturated heterocycles. The zero-order valence-electron chi connectivity index (χ0n) is 14.5. The van der Waals surface area contributed by atoms with E-state index in [1.165, 1.54) is 12.1 Å². The predicted molar refractivity (Wildman–Crippen MR) is 114 cm³/mol. The fourth-order valence-electron chi connectivity index (χ4n) is 2.28. The minimum Gasteiger partial charge on any atom is -0.385 e. The Labute approximate surface area is 166 Å². The van der Waals surface area contributed by atoms with Crippen molar-refractivity contribution in [3.63, 3.8) is 0 Å². The number of halogens is 2. The highest BCUT2D eigenvalue weighted by Gasteiger charge is 1.98. The summed E-state index contributed by atoms with van der Waals surface area (Å²) in [4.78, 5) is 4.20. The van der Waals surface area contributed by atoms with Gasteiger partial charge in [-0.25, -0.2) is 4.39 Å². The number of para-hydroxylation sites is 1. The summed E-state index contributed by atoms with van der Waals surface area (Å²) in [5.74, 6) is 0.588. The standard InChI is InChI=1S/C19H25FN4.HI/c1-21-19(24-15-12-16-8-10-17(20)11-9-16)23-14-5-13-22-18-6-3-2-4-7-18;/h2-4,6-11,22H,5,12-15H2,1H3,(H2,21,23,24);1H. The average molecular weight is 456 g/mol. The molecule has 0 aliphatic carbocycles. The lowest BCUT2D eigenvalue weighted by Crippen LogP contribution is -2.39. The number of aliphatic imine (C=N–C) groups is 1. The number of nitrogens with zero attached hydrogens (tertiary/aromatic N) is 1. The second-order valence-corrected chi connectivity index (χ2v) is 5.45. The second kappa shape index (κ2) is 12.5. The lowest BCUT2D eigenvalue weighted by Gasteiger charge is -2.12. The van der Waals surface area contributed by atoms with Crippen LogP contribution in [0, 0.1) is 5.82 Å². The van der Waals surface area contributed by atoms with Gasteiger partial charge in [0.25, 0.3) is 0 Å². The first kappa shape index (κ1) is 21.2. The third-order valence-electron chi connectivity index (χ3n) is 3.59. The molecule has 25 heavy (non-hydrogen) atoms. The van der Waals surface area contributed by atoms with Gasteiger partial charge >= 0.3 is 0 Å². The topological polar surface area (TPSA) is 48.5 Å². The number of benzene rings is 2. The Morgan fingerprint density at radius 2 is 1.60 bits per heavy atom. The van der Waals surface area contributed by atoms with Crippen LogP contribution in [0.25, 0.3) is 0 Å². The first-order chi connectivity index (χ1) is 11.8. The van der Waals surface area contributed by atoms with Crippen molar-refractivity contribution in [1.82, 2.24) is 10.6 Å². The van der Waals surface area contributed by atoms with Crippen molar-refractivity contribution < 1.29 is 4.39 Å². The molecule has 0 saturated carbocycles. The summed E-state index contributed by atoms with van der Waals surface area (Å²) in [7, 11) is 1.76. The van der Waals surface area contributed by atoms with E-state index < -0.39 is 0 Å². The second-order valence-electron chi connectivity index (χ2n) is 5.45. The van der Waals surface area contributed by atoms with E-state index in [9.17, 15) is 4.39 Å². The number of hydrogen-bond donors (Lipinski definition) is 3. The monoisotopic (exact) mass is 456 g/mol. The van der Waals surface area contributed by atoms with Crippen molar-refractivity contribution in [3.05, 3.63) is 66.0 Å². The van der Waals surface area contributed by atoms with Crippen LogP contribution in [-0.4, -0.2) is 32.6 Å². The highest BCUT2D eigenvalue weighted by Crippen LogP contribution is 2.04. The van der Waals surface area contributed by atoms with Gasteiger partial charge in [-0.1, -0.05) is 30.3 Å². The van der Waals surface area contributed by atoms with E-state index in [4.69, 9.17) is 0 Å². The van der Waals surface area contributed by atoms with Gasteiger partial charge in [0.2, 0.25) is 0 Å². The molecular formula is C19H26FIN4. The van der Waals surface area contributed by atoms with Crippen molar-refractivity contribution in [2.75, 3.05) is 32.0 Å². The molecule has 0 fully saturated rings. The largest absolute Gasteiger partial charge is 0.385 e. The lowest BCUT2D eigenvalue weighted by molar-refractivity contribution is 0.626. The molecule has 4 nitrogen and oxygen atoms in total. The van der Waals surface area contributed by atoms with Crippen molar-refractivity contribution in [1.29, 1.82) is 0 Å². The third kappa shape index (κ3) is 8.72. The Hall–Kier alpha value is -1.83. The van der Waals surface area contributed by atoms with Crippen LogP contribution in [0.5, 0.6) is 0 Å². The zero-order chi connectivity index (χ0) is 17.0. The molecule has 0 aliphatic heterocycles. The van der Waals surface area contributed by atoms with Gasteiger partial charge in [0.1, 0.15) is 5.82 Å². The van der Waals surface area contributed by atoms with Gasteiger partial charge < -0.3 is 16.0 Å². The van der Waals surface area contributed by atoms with E-state index in [1.807, 2.05) is 30.3 Å². The molecule has 0 heterocycles. The fraction of sp³-hybridized carbons (Fsp3) is 0.316. The molecule has 6 heteroatoms. The van der Waals surface area contributed by atoms with E-state index in [-0.39, 0.29) is 29.8 Å². The summed E-state index contributed by atoms with van der Waals surface area (Å²) < 4.78 is 12.9. The maximum absolute atomic E-state index is 12.9. The van der Waals surface area contributed by atoms with E-state index >= 15 is 0 Å². The lowest BCUT2D eigenvalue weighted by atomic mass is 10.1. The summed E-state index contributed by atoms with van der Waals surface area (Å²) >= 11 is 0. The van der Waals surface area contributed by atoms with Crippen LogP contribution < -0.4 is 16.0 Å². The molecule has 0 radical (unpaired) electrons. The highest BCUT2D eigenvalue weighted by molar-refractivity contribution is 14.0. The number of nitrogens with one attached hydrogen (secondary N) is 3. The molecule has 0 unspecified atom stereocenters. The van der Waals surface area contributed by atoms with Crippen molar-refractivity contribution in [3.8, 4) is 0 Å². The van der Waals surface area contributed by atoms with Crippen LogP contribution in [0.4, 0.5) is 10.1 Å². The molecule has 0 bridgehead atoms. The van der Waals surface area contributed by atoms with Gasteiger partial charge in [0.15, 0.2) is 5.96 Å². The van der Waals surface area contributed by atoms with E-state index in [1.54, 1.807) is 7.05 Å². The van der Waals surface area contributed by atoms with Gasteiger partial charge in [0, 0.05) is 32.4 Å². The number of anilines is 1. The summed E-state index contributed by atoms with van der Waals surface area (Å²) in [6, 6.07) is 16.8. The Kier molecular flexibility index (Phi) is 10.6. The SMILES string of the molecule is CN=C(NCCCNc1ccccc1)NCCc1ccc(F)cc1.I. The molecule has 2 aromatic carbocycles. The van der Waals surface area contributed by atoms with Gasteiger partial charge in [-0.2, -0.15) is 0 Å². The highest BCUT2D eigenvalue weighted by atomic mass is 127. The smallest absolute Gasteiger partial charge is 0.190 e. The fourth-order valence-corrected chi connectivity index (χ4v) is 2.28. The predicted octanol–water partition coefficient (Wildman–Crippen LogP) is 3.65. The minimum atomic E-state index is -0.201. The van der Waals surface area contributed by atoms with Crippen LogP contribution in [-0.2, 0) is 6.42 Å². The summed E-state index contributed by atoms with van der Waals surface area (Å²) in [6.07, 6.45) is 1.82. The van der Waals surface area contributed by atoms with Gasteiger partial charge in [-0.3, -0.25) is 4.99 Å². The molecule has 0 spiro atoms. The summed E-state index contributed by atoms with van der Waals surface area (Å²) in [6.45, 7) is 2.51. The van der Waals surface area contributed by atoms with Crippen LogP contribution in [0.1, 0.15) is 12.0 Å². The molecule has 2 aromatic rings. The Bertz CT molecular complexity index is 617. The molecule has 3 N–H and O–H groups in total. The minimum absolute atomic E-state index is 0. The van der Waals surface area contributed by atoms with Gasteiger partial charge in [-0.05, 0) is 42.7 Å². The molecule has 0 amide bonds. The number of rotatable bonds is 8. The van der Waals surface area contributed by atoms with E-state index in [0.717, 1.165) is 49.7 Å². The quantitative estimate of drug-likeness (QED) is 0.246. The zero-order valence-corrected chi connectivity index (χ0v) is 16.8. The normalized spacial score (nSPS) is 10.7. The Morgan fingerprint density at radius 1 is 0.920 bits per heavy atom. The van der Waals surface area contributed by atoms with E-state index in [0.29, 0.717) is 0 Å². The van der Waals surface area contributed by atoms with Crippen molar-refractivity contribution in [2.45, 2.75) is 12.8 Å². The molecule has 0 aromatic heterocycles. The average Bonchev–Trinajstić information content (AvgIpc) is 2.62. The van der Waals surface area contributed by atoms with Crippen LogP contribution in [0.3, 0.4) is 0 Å². The summed E-state index contributed by atoms with van der Waals surface area (Å²) in [5.41, 5.74) is 2.24. The first-order valence-electron chi connectivity index (χ1n) is 8.26. The van der Waals surface area contributed by atoms with Gasteiger partial charge in [-0.15, -0.1) is 24.0 Å². The maximum Gasteiger partial charge on any atom is 0.190 e. The summed E-state index contributed by atoms with van der Waals surface area (Å²) in [5, 5.41) is 9.93. The number of hydrogen-bond acceptors (Lipinski definition) is 2. The Morgan fingerprint density at radius 3 is 2.28 bits per heavy atom. The van der Waals surface area contributed by atoms with Crippen LogP contribution in [0.15, 0.2) is 59.6 Å². The van der Waals surface area contributed by atoms with Crippen LogP contribution in [0.2, 0.25) is 0 Å². The van der Waals surface area contributed by atoms with Gasteiger partial charge in [0.05, 0.1) is 0 Å². The molecule has 136 valence electrons. The van der Waals surface area contributed by atoms with Crippen molar-refractivity contribution in [2.24, 2.45) is 4.99 Å². The third-order valence-corrected chi connectivity index (χ3v) is 3.59. The molecule has 0 aliphatic rings. The maximum atomic E-state index is 12.9. The van der Waals surface area contributed by atoms with Crippen LogP contribution >= 0.6 is 24.0 Å². The first-order valence-corrected chi connectivity index (χ1v) is 8.26. The Balaban J connectivity index is 0.00000312.